The summed E-state index contributed by atoms with van der Waals surface area (Å²) in [6.07, 6.45) is -2.16. The number of pyridine rings is 1. The third-order valence-corrected chi connectivity index (χ3v) is 2.00. The molecule has 0 bridgehead atoms. The average molecular weight is 239 g/mol. The monoisotopic (exact) mass is 238 g/mol. The predicted molar refractivity (Wildman–Crippen MR) is 48.2 cm³/mol. The van der Waals surface area contributed by atoms with Crippen LogP contribution in [0, 0.1) is 10.1 Å². The molecule has 5 nitrogen and oxygen atoms in total. The molecule has 0 aromatic carbocycles. The third-order valence-electron chi connectivity index (χ3n) is 1.71. The first kappa shape index (κ1) is 11.6. The van der Waals surface area contributed by atoms with Crippen molar-refractivity contribution in [1.82, 2.24) is 4.98 Å². The highest BCUT2D eigenvalue weighted by molar-refractivity contribution is 6.17. The molecule has 0 aliphatic carbocycles. The lowest BCUT2D eigenvalue weighted by Gasteiger charge is -2.02. The Morgan fingerprint density at radius 2 is 2.20 bits per heavy atom. The zero-order valence-electron chi connectivity index (χ0n) is 7.17. The van der Waals surface area contributed by atoms with Crippen LogP contribution in [0.2, 0.25) is 0 Å². The number of H-pyrrole nitrogens is 1. The van der Waals surface area contributed by atoms with Gasteiger partial charge < -0.3 is 4.98 Å². The molecule has 1 aromatic rings. The Bertz CT molecular complexity index is 446. The standard InChI is InChI=1S/C7H5ClF2N2O3/c8-1-3-2-11-4(7(9)10)5(6(3)13)12(14)15/h2,7H,1H2,(H,11,13). The third kappa shape index (κ3) is 2.12. The molecule has 15 heavy (non-hydrogen) atoms. The smallest absolute Gasteiger partial charge is 0.341 e. The molecule has 8 heteroatoms. The number of aromatic nitrogens is 1. The van der Waals surface area contributed by atoms with Gasteiger partial charge in [0.05, 0.1) is 10.8 Å². The van der Waals surface area contributed by atoms with Crippen LogP contribution in [0.15, 0.2) is 11.0 Å². The quantitative estimate of drug-likeness (QED) is 0.497. The molecule has 0 saturated heterocycles. The van der Waals surface area contributed by atoms with Crippen LogP contribution in [0.5, 0.6) is 0 Å². The maximum atomic E-state index is 12.3. The topological polar surface area (TPSA) is 76.0 Å². The number of nitro groups is 1. The van der Waals surface area contributed by atoms with E-state index in [9.17, 15) is 23.7 Å². The van der Waals surface area contributed by atoms with E-state index < -0.39 is 28.2 Å². The van der Waals surface area contributed by atoms with Crippen LogP contribution in [0.25, 0.3) is 0 Å². The molecule has 0 fully saturated rings. The van der Waals surface area contributed by atoms with Crippen molar-refractivity contribution >= 4 is 17.3 Å². The minimum Gasteiger partial charge on any atom is -0.354 e. The van der Waals surface area contributed by atoms with Gasteiger partial charge in [-0.05, 0) is 0 Å². The molecule has 0 saturated carbocycles. The van der Waals surface area contributed by atoms with Crippen molar-refractivity contribution < 1.29 is 13.7 Å². The molecule has 0 aliphatic heterocycles. The van der Waals surface area contributed by atoms with E-state index in [-0.39, 0.29) is 11.4 Å². The zero-order chi connectivity index (χ0) is 11.6. The molecule has 1 rings (SSSR count). The summed E-state index contributed by atoms with van der Waals surface area (Å²) in [6, 6.07) is 0. The lowest BCUT2D eigenvalue weighted by atomic mass is 10.2. The Morgan fingerprint density at radius 3 is 2.60 bits per heavy atom. The van der Waals surface area contributed by atoms with Gasteiger partial charge >= 0.3 is 5.69 Å². The summed E-state index contributed by atoms with van der Waals surface area (Å²) >= 11 is 5.31. The Hall–Kier alpha value is -1.50. The van der Waals surface area contributed by atoms with Crippen molar-refractivity contribution in [2.75, 3.05) is 0 Å². The Labute approximate surface area is 86.8 Å². The highest BCUT2D eigenvalue weighted by Crippen LogP contribution is 2.23. The SMILES string of the molecule is O=c1c(CCl)c[nH]c(C(F)F)c1[N+](=O)[O-]. The number of rotatable bonds is 3. The predicted octanol–water partition coefficient (Wildman–Crippen LogP) is 1.96. The van der Waals surface area contributed by atoms with Crippen LogP contribution >= 0.6 is 11.6 Å². The first-order valence-electron chi connectivity index (χ1n) is 3.72. The average Bonchev–Trinajstić information content (AvgIpc) is 2.16. The Kier molecular flexibility index (Phi) is 3.35. The van der Waals surface area contributed by atoms with Crippen molar-refractivity contribution in [3.63, 3.8) is 0 Å². The minimum absolute atomic E-state index is 0.118. The van der Waals surface area contributed by atoms with Crippen LogP contribution < -0.4 is 5.43 Å². The van der Waals surface area contributed by atoms with Crippen LogP contribution in [0.1, 0.15) is 17.7 Å². The van der Waals surface area contributed by atoms with Crippen molar-refractivity contribution in [3.8, 4) is 0 Å². The van der Waals surface area contributed by atoms with Crippen LogP contribution in [-0.2, 0) is 5.88 Å². The van der Waals surface area contributed by atoms with Gasteiger partial charge in [0, 0.05) is 11.8 Å². The van der Waals surface area contributed by atoms with Gasteiger partial charge in [-0.1, -0.05) is 0 Å². The first-order valence-corrected chi connectivity index (χ1v) is 4.25. The molecule has 1 aromatic heterocycles. The molecule has 1 N–H and O–H groups in total. The fraction of sp³-hybridized carbons (Fsp3) is 0.286. The van der Waals surface area contributed by atoms with Gasteiger partial charge in [0.2, 0.25) is 0 Å². The molecule has 0 unspecified atom stereocenters. The van der Waals surface area contributed by atoms with Crippen molar-refractivity contribution in [1.29, 1.82) is 0 Å². The van der Waals surface area contributed by atoms with E-state index in [4.69, 9.17) is 11.6 Å². The summed E-state index contributed by atoms with van der Waals surface area (Å²) in [5.74, 6) is -0.278. The summed E-state index contributed by atoms with van der Waals surface area (Å²) in [5.41, 5.74) is -3.35. The fourth-order valence-electron chi connectivity index (χ4n) is 1.02. The van der Waals surface area contributed by atoms with Crippen LogP contribution in [-0.4, -0.2) is 9.91 Å². The fourth-order valence-corrected chi connectivity index (χ4v) is 1.22. The van der Waals surface area contributed by atoms with E-state index in [2.05, 4.69) is 0 Å². The van der Waals surface area contributed by atoms with Crippen molar-refractivity contribution in [2.45, 2.75) is 12.3 Å². The van der Waals surface area contributed by atoms with E-state index in [1.54, 1.807) is 0 Å². The summed E-state index contributed by atoms with van der Waals surface area (Å²) < 4.78 is 24.6. The number of alkyl halides is 3. The van der Waals surface area contributed by atoms with Crippen molar-refractivity contribution in [3.05, 3.63) is 37.8 Å². The number of halogens is 3. The van der Waals surface area contributed by atoms with Gasteiger partial charge in [-0.3, -0.25) is 14.9 Å². The first-order chi connectivity index (χ1) is 6.99. The van der Waals surface area contributed by atoms with Gasteiger partial charge in [-0.2, -0.15) is 0 Å². The van der Waals surface area contributed by atoms with E-state index >= 15 is 0 Å². The molecule has 0 amide bonds. The lowest BCUT2D eigenvalue weighted by molar-refractivity contribution is -0.387. The number of nitrogens with zero attached hydrogens (tertiary/aromatic N) is 1. The Morgan fingerprint density at radius 1 is 1.60 bits per heavy atom. The Balaban J connectivity index is 3.52. The molecule has 0 radical (unpaired) electrons. The van der Waals surface area contributed by atoms with E-state index in [0.29, 0.717) is 0 Å². The van der Waals surface area contributed by atoms with E-state index in [1.165, 1.54) is 0 Å². The van der Waals surface area contributed by atoms with Crippen molar-refractivity contribution in [2.24, 2.45) is 0 Å². The number of hydrogen-bond acceptors (Lipinski definition) is 3. The highest BCUT2D eigenvalue weighted by Gasteiger charge is 2.27. The maximum absolute atomic E-state index is 12.3. The summed E-state index contributed by atoms with van der Waals surface area (Å²) in [6.45, 7) is 0. The molecular weight excluding hydrogens is 234 g/mol. The van der Waals surface area contributed by atoms with Crippen LogP contribution in [0.3, 0.4) is 0 Å². The zero-order valence-corrected chi connectivity index (χ0v) is 7.92. The van der Waals surface area contributed by atoms with E-state index in [0.717, 1.165) is 6.20 Å². The molecule has 0 aliphatic rings. The summed E-state index contributed by atoms with van der Waals surface area (Å²) in [5, 5.41) is 10.4. The lowest BCUT2D eigenvalue weighted by Crippen LogP contribution is -2.16. The van der Waals surface area contributed by atoms with E-state index in [1.807, 2.05) is 4.98 Å². The molecule has 82 valence electrons. The molecule has 0 spiro atoms. The maximum Gasteiger partial charge on any atom is 0.341 e. The number of nitrogens with one attached hydrogen (secondary N) is 1. The van der Waals surface area contributed by atoms with Gasteiger partial charge in [0.15, 0.2) is 5.69 Å². The number of hydrogen-bond donors (Lipinski definition) is 1. The minimum atomic E-state index is -3.11. The normalized spacial score (nSPS) is 10.7. The second-order valence-corrected chi connectivity index (χ2v) is 2.86. The van der Waals surface area contributed by atoms with Crippen LogP contribution in [0.4, 0.5) is 14.5 Å². The molecular formula is C7H5ClF2N2O3. The second kappa shape index (κ2) is 4.35. The van der Waals surface area contributed by atoms with Gasteiger partial charge in [-0.25, -0.2) is 8.78 Å². The largest absolute Gasteiger partial charge is 0.354 e. The van der Waals surface area contributed by atoms with Gasteiger partial charge in [0.1, 0.15) is 0 Å². The summed E-state index contributed by atoms with van der Waals surface area (Å²) in [7, 11) is 0. The second-order valence-electron chi connectivity index (χ2n) is 2.60. The molecule has 0 atom stereocenters. The number of aromatic amines is 1. The van der Waals surface area contributed by atoms with Gasteiger partial charge in [0.25, 0.3) is 11.9 Å². The summed E-state index contributed by atoms with van der Waals surface area (Å²) in [4.78, 5) is 22.6. The highest BCUT2D eigenvalue weighted by atomic mass is 35.5. The van der Waals surface area contributed by atoms with Gasteiger partial charge in [-0.15, -0.1) is 11.6 Å². The molecule has 1 heterocycles.